The van der Waals surface area contributed by atoms with Gasteiger partial charge in [-0.15, -0.1) is 0 Å². The lowest BCUT2D eigenvalue weighted by atomic mass is 10.2. The third kappa shape index (κ3) is 5.21. The summed E-state index contributed by atoms with van der Waals surface area (Å²) in [6.45, 7) is 4.08. The summed E-state index contributed by atoms with van der Waals surface area (Å²) < 4.78 is 10.6. The van der Waals surface area contributed by atoms with E-state index in [4.69, 9.17) is 9.26 Å². The van der Waals surface area contributed by atoms with Crippen molar-refractivity contribution in [3.63, 3.8) is 0 Å². The van der Waals surface area contributed by atoms with Gasteiger partial charge in [0.05, 0.1) is 6.20 Å². The number of benzene rings is 1. The fourth-order valence-electron chi connectivity index (χ4n) is 3.15. The molecule has 0 radical (unpaired) electrons. The topological polar surface area (TPSA) is 97.5 Å². The van der Waals surface area contributed by atoms with Crippen LogP contribution in [0.25, 0.3) is 11.5 Å². The molecule has 4 rings (SSSR count). The van der Waals surface area contributed by atoms with Crippen molar-refractivity contribution in [2.45, 2.75) is 13.2 Å². The van der Waals surface area contributed by atoms with E-state index in [1.807, 2.05) is 23.1 Å². The molecule has 1 aliphatic heterocycles. The number of rotatable bonds is 7. The van der Waals surface area contributed by atoms with Gasteiger partial charge in [0.1, 0.15) is 18.9 Å². The summed E-state index contributed by atoms with van der Waals surface area (Å²) in [5.41, 5.74) is 1.81. The SMILES string of the molecule is O=C(COCc1nc(-c2cnccn2)no1)N1CCN(Cc2ccccc2)CC1. The molecule has 1 aliphatic rings. The zero-order valence-electron chi connectivity index (χ0n) is 16.0. The van der Waals surface area contributed by atoms with E-state index < -0.39 is 0 Å². The number of amides is 1. The normalized spacial score (nSPS) is 14.8. The van der Waals surface area contributed by atoms with Crippen LogP contribution in [0.4, 0.5) is 0 Å². The van der Waals surface area contributed by atoms with E-state index in [2.05, 4.69) is 37.1 Å². The number of ether oxygens (including phenoxy) is 1. The van der Waals surface area contributed by atoms with E-state index in [9.17, 15) is 4.79 Å². The second-order valence-electron chi connectivity index (χ2n) is 6.74. The molecule has 29 heavy (non-hydrogen) atoms. The Bertz CT molecular complexity index is 910. The molecule has 150 valence electrons. The van der Waals surface area contributed by atoms with Crippen LogP contribution in [0.2, 0.25) is 0 Å². The molecule has 1 aromatic carbocycles. The number of carbonyl (C=O) groups excluding carboxylic acids is 1. The molecule has 3 aromatic rings. The fourth-order valence-corrected chi connectivity index (χ4v) is 3.15. The van der Waals surface area contributed by atoms with Crippen LogP contribution in [0.5, 0.6) is 0 Å². The molecule has 1 saturated heterocycles. The van der Waals surface area contributed by atoms with Crippen LogP contribution in [-0.2, 0) is 22.7 Å². The van der Waals surface area contributed by atoms with Crippen LogP contribution >= 0.6 is 0 Å². The van der Waals surface area contributed by atoms with E-state index >= 15 is 0 Å². The number of aromatic nitrogens is 4. The molecular weight excluding hydrogens is 372 g/mol. The van der Waals surface area contributed by atoms with Crippen molar-refractivity contribution in [1.82, 2.24) is 29.9 Å². The smallest absolute Gasteiger partial charge is 0.253 e. The lowest BCUT2D eigenvalue weighted by Crippen LogP contribution is -2.49. The van der Waals surface area contributed by atoms with Gasteiger partial charge in [-0.2, -0.15) is 4.98 Å². The Labute approximate surface area is 168 Å². The van der Waals surface area contributed by atoms with Crippen LogP contribution < -0.4 is 0 Å². The molecular formula is C20H22N6O3. The number of hydrogen-bond donors (Lipinski definition) is 0. The van der Waals surface area contributed by atoms with Crippen LogP contribution in [0.15, 0.2) is 53.4 Å². The lowest BCUT2D eigenvalue weighted by Gasteiger charge is -2.34. The highest BCUT2D eigenvalue weighted by Gasteiger charge is 2.21. The molecule has 9 nitrogen and oxygen atoms in total. The molecule has 0 atom stereocenters. The van der Waals surface area contributed by atoms with Gasteiger partial charge < -0.3 is 14.2 Å². The molecule has 1 amide bonds. The average Bonchev–Trinajstić information content (AvgIpc) is 3.24. The van der Waals surface area contributed by atoms with Gasteiger partial charge in [-0.05, 0) is 5.56 Å². The van der Waals surface area contributed by atoms with Crippen molar-refractivity contribution in [2.24, 2.45) is 0 Å². The Hall–Kier alpha value is -3.17. The standard InChI is InChI=1S/C20H22N6O3/c27-19(26-10-8-25(9-11-26)13-16-4-2-1-3-5-16)15-28-14-18-23-20(24-29-18)17-12-21-6-7-22-17/h1-7,12H,8-11,13-15H2. The van der Waals surface area contributed by atoms with Crippen LogP contribution in [-0.4, -0.2) is 68.6 Å². The third-order valence-electron chi connectivity index (χ3n) is 4.69. The maximum Gasteiger partial charge on any atom is 0.253 e. The Kier molecular flexibility index (Phi) is 6.18. The van der Waals surface area contributed by atoms with E-state index in [1.54, 1.807) is 18.6 Å². The van der Waals surface area contributed by atoms with E-state index in [0.717, 1.165) is 19.6 Å². The molecule has 0 bridgehead atoms. The zero-order valence-corrected chi connectivity index (χ0v) is 16.0. The minimum Gasteiger partial charge on any atom is -0.362 e. The highest BCUT2D eigenvalue weighted by Crippen LogP contribution is 2.12. The second kappa shape index (κ2) is 9.35. The van der Waals surface area contributed by atoms with Gasteiger partial charge in [0.15, 0.2) is 0 Å². The highest BCUT2D eigenvalue weighted by atomic mass is 16.5. The first-order valence-corrected chi connectivity index (χ1v) is 9.49. The molecule has 0 aliphatic carbocycles. The van der Waals surface area contributed by atoms with Crippen molar-refractivity contribution < 1.29 is 14.1 Å². The summed E-state index contributed by atoms with van der Waals surface area (Å²) in [4.78, 5) is 28.8. The van der Waals surface area contributed by atoms with Crippen LogP contribution in [0, 0.1) is 0 Å². The van der Waals surface area contributed by atoms with E-state index in [0.29, 0.717) is 30.5 Å². The highest BCUT2D eigenvalue weighted by molar-refractivity contribution is 5.77. The Balaban J connectivity index is 1.18. The maximum atomic E-state index is 12.4. The molecule has 0 saturated carbocycles. The third-order valence-corrected chi connectivity index (χ3v) is 4.69. The average molecular weight is 394 g/mol. The van der Waals surface area contributed by atoms with Crippen LogP contribution in [0.1, 0.15) is 11.5 Å². The summed E-state index contributed by atoms with van der Waals surface area (Å²) in [6.07, 6.45) is 4.68. The summed E-state index contributed by atoms with van der Waals surface area (Å²) >= 11 is 0. The summed E-state index contributed by atoms with van der Waals surface area (Å²) in [5, 5.41) is 3.85. The monoisotopic (exact) mass is 394 g/mol. The predicted octanol–water partition coefficient (Wildman–Crippen LogP) is 1.39. The van der Waals surface area contributed by atoms with Crippen molar-refractivity contribution in [1.29, 1.82) is 0 Å². The minimum atomic E-state index is -0.0296. The first-order valence-electron chi connectivity index (χ1n) is 9.49. The lowest BCUT2D eigenvalue weighted by molar-refractivity contribution is -0.138. The van der Waals surface area contributed by atoms with Gasteiger partial charge in [0, 0.05) is 45.1 Å². The molecule has 0 N–H and O–H groups in total. The van der Waals surface area contributed by atoms with Gasteiger partial charge in [0.2, 0.25) is 11.7 Å². The van der Waals surface area contributed by atoms with E-state index in [1.165, 1.54) is 5.56 Å². The fraction of sp³-hybridized carbons (Fsp3) is 0.350. The Morgan fingerprint density at radius 3 is 2.69 bits per heavy atom. The number of hydrogen-bond acceptors (Lipinski definition) is 8. The molecule has 0 unspecified atom stereocenters. The molecule has 1 fully saturated rings. The minimum absolute atomic E-state index is 0.0124. The van der Waals surface area contributed by atoms with E-state index in [-0.39, 0.29) is 19.1 Å². The van der Waals surface area contributed by atoms with Gasteiger partial charge in [-0.25, -0.2) is 4.98 Å². The summed E-state index contributed by atoms with van der Waals surface area (Å²) in [6, 6.07) is 10.4. The molecule has 3 heterocycles. The zero-order chi connectivity index (χ0) is 19.9. The largest absolute Gasteiger partial charge is 0.362 e. The van der Waals surface area contributed by atoms with Crippen molar-refractivity contribution in [3.05, 3.63) is 60.4 Å². The maximum absolute atomic E-state index is 12.4. The molecule has 9 heteroatoms. The van der Waals surface area contributed by atoms with Crippen molar-refractivity contribution in [3.8, 4) is 11.5 Å². The summed E-state index contributed by atoms with van der Waals surface area (Å²) in [7, 11) is 0. The first kappa shape index (κ1) is 19.2. The quantitative estimate of drug-likeness (QED) is 0.593. The Morgan fingerprint density at radius 1 is 1.10 bits per heavy atom. The predicted molar refractivity (Wildman–Crippen MR) is 103 cm³/mol. The van der Waals surface area contributed by atoms with Gasteiger partial charge in [0.25, 0.3) is 5.89 Å². The van der Waals surface area contributed by atoms with Crippen molar-refractivity contribution >= 4 is 5.91 Å². The van der Waals surface area contributed by atoms with Gasteiger partial charge in [-0.3, -0.25) is 14.7 Å². The summed E-state index contributed by atoms with van der Waals surface area (Å²) in [5.74, 6) is 0.613. The number of nitrogens with zero attached hydrogens (tertiary/aromatic N) is 6. The number of piperazine rings is 1. The Morgan fingerprint density at radius 2 is 1.93 bits per heavy atom. The number of carbonyl (C=O) groups is 1. The van der Waals surface area contributed by atoms with Crippen LogP contribution in [0.3, 0.4) is 0 Å². The van der Waals surface area contributed by atoms with Gasteiger partial charge in [-0.1, -0.05) is 35.5 Å². The molecule has 0 spiro atoms. The molecule has 2 aromatic heterocycles. The first-order chi connectivity index (χ1) is 14.3. The second-order valence-corrected chi connectivity index (χ2v) is 6.74. The van der Waals surface area contributed by atoms with Gasteiger partial charge >= 0.3 is 0 Å². The van der Waals surface area contributed by atoms with Crippen molar-refractivity contribution in [2.75, 3.05) is 32.8 Å².